The molecular weight excluding hydrogens is 344 g/mol. The molecule has 0 fully saturated rings. The van der Waals surface area contributed by atoms with Crippen LogP contribution in [0.3, 0.4) is 0 Å². The van der Waals surface area contributed by atoms with Gasteiger partial charge in [-0.15, -0.1) is 0 Å². The van der Waals surface area contributed by atoms with Crippen molar-refractivity contribution in [1.82, 2.24) is 14.9 Å². The molecule has 5 nitrogen and oxygen atoms in total. The predicted molar refractivity (Wildman–Crippen MR) is 91.4 cm³/mol. The Hall–Kier alpha value is -1.95. The summed E-state index contributed by atoms with van der Waals surface area (Å²) in [7, 11) is 0. The molecule has 0 saturated carbocycles. The number of rotatable bonds is 5. The molecule has 0 saturated heterocycles. The van der Waals surface area contributed by atoms with Gasteiger partial charge in [0, 0.05) is 23.2 Å². The zero-order valence-electron chi connectivity index (χ0n) is 12.9. The van der Waals surface area contributed by atoms with E-state index in [9.17, 15) is 4.79 Å². The van der Waals surface area contributed by atoms with Crippen molar-refractivity contribution < 1.29 is 4.79 Å². The van der Waals surface area contributed by atoms with Crippen molar-refractivity contribution in [3.8, 4) is 0 Å². The Bertz CT molecular complexity index is 654. The smallest absolute Gasteiger partial charge is 0.274 e. The Morgan fingerprint density at radius 3 is 2.50 bits per heavy atom. The maximum atomic E-state index is 12.2. The molecule has 1 amide bonds. The second-order valence-corrected chi connectivity index (χ2v) is 5.76. The summed E-state index contributed by atoms with van der Waals surface area (Å²) >= 11 is 3.44. The van der Waals surface area contributed by atoms with E-state index in [0.29, 0.717) is 24.6 Å². The van der Waals surface area contributed by atoms with Crippen molar-refractivity contribution in [3.63, 3.8) is 0 Å². The van der Waals surface area contributed by atoms with Crippen LogP contribution in [0.25, 0.3) is 0 Å². The SMILES string of the molecule is CCN(CC)C(=O)c1cnc(Nc2ccc(Br)cc2C)cn1. The van der Waals surface area contributed by atoms with Gasteiger partial charge >= 0.3 is 0 Å². The van der Waals surface area contributed by atoms with Crippen molar-refractivity contribution in [2.24, 2.45) is 0 Å². The highest BCUT2D eigenvalue weighted by atomic mass is 79.9. The molecule has 116 valence electrons. The first-order chi connectivity index (χ1) is 10.5. The van der Waals surface area contributed by atoms with Crippen LogP contribution in [0.5, 0.6) is 0 Å². The molecule has 2 aromatic rings. The van der Waals surface area contributed by atoms with E-state index in [2.05, 4.69) is 31.2 Å². The minimum absolute atomic E-state index is 0.0936. The van der Waals surface area contributed by atoms with Crippen LogP contribution in [0.1, 0.15) is 29.9 Å². The van der Waals surface area contributed by atoms with E-state index in [1.54, 1.807) is 11.1 Å². The molecule has 0 spiro atoms. The van der Waals surface area contributed by atoms with Crippen LogP contribution >= 0.6 is 15.9 Å². The highest BCUT2D eigenvalue weighted by molar-refractivity contribution is 9.10. The molecule has 0 unspecified atom stereocenters. The fraction of sp³-hybridized carbons (Fsp3) is 0.312. The number of hydrogen-bond donors (Lipinski definition) is 1. The topological polar surface area (TPSA) is 58.1 Å². The average molecular weight is 363 g/mol. The Labute approximate surface area is 138 Å². The molecule has 6 heteroatoms. The van der Waals surface area contributed by atoms with Gasteiger partial charge in [-0.05, 0) is 44.5 Å². The quantitative estimate of drug-likeness (QED) is 0.879. The first-order valence-corrected chi connectivity index (χ1v) is 7.99. The number of aryl methyl sites for hydroxylation is 1. The van der Waals surface area contributed by atoms with Gasteiger partial charge in [0.05, 0.1) is 12.4 Å². The number of benzene rings is 1. The highest BCUT2D eigenvalue weighted by Crippen LogP contribution is 2.22. The molecule has 1 N–H and O–H groups in total. The highest BCUT2D eigenvalue weighted by Gasteiger charge is 2.14. The number of carbonyl (C=O) groups excluding carboxylic acids is 1. The number of nitrogens with zero attached hydrogens (tertiary/aromatic N) is 3. The van der Waals surface area contributed by atoms with Crippen molar-refractivity contribution in [1.29, 1.82) is 0 Å². The van der Waals surface area contributed by atoms with Crippen molar-refractivity contribution in [3.05, 3.63) is 46.3 Å². The second-order valence-electron chi connectivity index (χ2n) is 4.85. The lowest BCUT2D eigenvalue weighted by Crippen LogP contribution is -2.31. The molecule has 2 rings (SSSR count). The van der Waals surface area contributed by atoms with Gasteiger partial charge in [0.25, 0.3) is 5.91 Å². The molecule has 22 heavy (non-hydrogen) atoms. The Balaban J connectivity index is 2.13. The fourth-order valence-corrected chi connectivity index (χ4v) is 2.56. The monoisotopic (exact) mass is 362 g/mol. The van der Waals surface area contributed by atoms with Crippen molar-refractivity contribution in [2.45, 2.75) is 20.8 Å². The maximum absolute atomic E-state index is 12.2. The zero-order valence-corrected chi connectivity index (χ0v) is 14.5. The van der Waals surface area contributed by atoms with Crippen molar-refractivity contribution in [2.75, 3.05) is 18.4 Å². The van der Waals surface area contributed by atoms with E-state index in [1.165, 1.54) is 6.20 Å². The Morgan fingerprint density at radius 2 is 1.95 bits per heavy atom. The van der Waals surface area contributed by atoms with Crippen LogP contribution < -0.4 is 5.32 Å². The first-order valence-electron chi connectivity index (χ1n) is 7.19. The lowest BCUT2D eigenvalue weighted by Gasteiger charge is -2.17. The summed E-state index contributed by atoms with van der Waals surface area (Å²) in [6, 6.07) is 5.95. The molecule has 1 heterocycles. The lowest BCUT2D eigenvalue weighted by atomic mass is 10.2. The number of carbonyl (C=O) groups is 1. The molecule has 0 bridgehead atoms. The van der Waals surface area contributed by atoms with Gasteiger partial charge < -0.3 is 10.2 Å². The normalized spacial score (nSPS) is 10.4. The van der Waals surface area contributed by atoms with Crippen LogP contribution in [0.15, 0.2) is 35.1 Å². The van der Waals surface area contributed by atoms with E-state index in [1.807, 2.05) is 39.0 Å². The van der Waals surface area contributed by atoms with E-state index in [-0.39, 0.29) is 5.91 Å². The van der Waals surface area contributed by atoms with Crippen LogP contribution in [0, 0.1) is 6.92 Å². The van der Waals surface area contributed by atoms with Crippen LogP contribution in [0.2, 0.25) is 0 Å². The number of nitrogens with one attached hydrogen (secondary N) is 1. The molecule has 1 aromatic carbocycles. The Morgan fingerprint density at radius 1 is 1.23 bits per heavy atom. The van der Waals surface area contributed by atoms with Gasteiger partial charge in [-0.3, -0.25) is 4.79 Å². The minimum Gasteiger partial charge on any atom is -0.339 e. The largest absolute Gasteiger partial charge is 0.339 e. The number of anilines is 2. The third-order valence-corrected chi connectivity index (χ3v) is 3.87. The Kier molecular flexibility index (Phi) is 5.49. The summed E-state index contributed by atoms with van der Waals surface area (Å²) in [5.74, 6) is 0.519. The van der Waals surface area contributed by atoms with E-state index in [4.69, 9.17) is 0 Å². The lowest BCUT2D eigenvalue weighted by molar-refractivity contribution is 0.0766. The zero-order chi connectivity index (χ0) is 16.1. The van der Waals surface area contributed by atoms with E-state index in [0.717, 1.165) is 15.7 Å². The number of halogens is 1. The van der Waals surface area contributed by atoms with Gasteiger partial charge in [0.1, 0.15) is 11.5 Å². The fourth-order valence-electron chi connectivity index (χ4n) is 2.08. The summed E-state index contributed by atoms with van der Waals surface area (Å²) in [5.41, 5.74) is 2.42. The second kappa shape index (κ2) is 7.35. The predicted octanol–water partition coefficient (Wildman–Crippen LogP) is 3.77. The van der Waals surface area contributed by atoms with Crippen LogP contribution in [-0.2, 0) is 0 Å². The van der Waals surface area contributed by atoms with E-state index < -0.39 is 0 Å². The molecular formula is C16H19BrN4O. The van der Waals surface area contributed by atoms with Crippen LogP contribution in [0.4, 0.5) is 11.5 Å². The average Bonchev–Trinajstić information content (AvgIpc) is 2.52. The minimum atomic E-state index is -0.0936. The number of amides is 1. The standard InChI is InChI=1S/C16H19BrN4O/c1-4-21(5-2)16(22)14-9-19-15(10-18-14)20-13-7-6-12(17)8-11(13)3/h6-10H,4-5H2,1-3H3,(H,19,20). The van der Waals surface area contributed by atoms with Crippen LogP contribution in [-0.4, -0.2) is 33.9 Å². The summed E-state index contributed by atoms with van der Waals surface area (Å²) in [4.78, 5) is 22.4. The van der Waals surface area contributed by atoms with Gasteiger partial charge in [-0.1, -0.05) is 15.9 Å². The molecule has 0 aliphatic carbocycles. The summed E-state index contributed by atoms with van der Waals surface area (Å²) in [6.07, 6.45) is 3.09. The van der Waals surface area contributed by atoms with Gasteiger partial charge in [0.15, 0.2) is 0 Å². The number of aromatic nitrogens is 2. The third kappa shape index (κ3) is 3.82. The summed E-state index contributed by atoms with van der Waals surface area (Å²) < 4.78 is 1.03. The third-order valence-electron chi connectivity index (χ3n) is 3.37. The summed E-state index contributed by atoms with van der Waals surface area (Å²) in [6.45, 7) is 7.23. The number of hydrogen-bond acceptors (Lipinski definition) is 4. The molecule has 0 radical (unpaired) electrons. The molecule has 0 aliphatic rings. The van der Waals surface area contributed by atoms with Gasteiger partial charge in [-0.25, -0.2) is 9.97 Å². The summed E-state index contributed by atoms with van der Waals surface area (Å²) in [5, 5.41) is 3.20. The maximum Gasteiger partial charge on any atom is 0.274 e. The molecule has 0 atom stereocenters. The molecule has 0 aliphatic heterocycles. The first kappa shape index (κ1) is 16.4. The van der Waals surface area contributed by atoms with E-state index >= 15 is 0 Å². The van der Waals surface area contributed by atoms with Crippen molar-refractivity contribution >= 4 is 33.3 Å². The van der Waals surface area contributed by atoms with Gasteiger partial charge in [0.2, 0.25) is 0 Å². The molecule has 1 aromatic heterocycles. The van der Waals surface area contributed by atoms with Gasteiger partial charge in [-0.2, -0.15) is 0 Å².